The lowest BCUT2D eigenvalue weighted by Crippen LogP contribution is -2.12. The lowest BCUT2D eigenvalue weighted by molar-refractivity contribution is 0.601. The summed E-state index contributed by atoms with van der Waals surface area (Å²) in [6.45, 7) is 2.60. The number of nitrogens with zero attached hydrogens (tertiary/aromatic N) is 2. The predicted octanol–water partition coefficient (Wildman–Crippen LogP) is 3.69. The molecule has 0 unspecified atom stereocenters. The number of hydrogen-bond acceptors (Lipinski definition) is 3. The monoisotopic (exact) mass is 361 g/mol. The maximum atomic E-state index is 12.3. The summed E-state index contributed by atoms with van der Waals surface area (Å²) in [7, 11) is -3.66. The number of nitrogens with one attached hydrogen (secondary N) is 1. The first-order valence-electron chi connectivity index (χ1n) is 7.29. The van der Waals surface area contributed by atoms with Crippen LogP contribution in [0.1, 0.15) is 11.1 Å². The average molecular weight is 362 g/mol. The Morgan fingerprint density at radius 1 is 1.08 bits per heavy atom. The van der Waals surface area contributed by atoms with E-state index in [0.29, 0.717) is 17.3 Å². The molecule has 0 aliphatic heterocycles. The second kappa shape index (κ2) is 6.67. The van der Waals surface area contributed by atoms with Crippen LogP contribution in [0.4, 0.5) is 5.69 Å². The number of halogens is 1. The van der Waals surface area contributed by atoms with Crippen molar-refractivity contribution in [3.05, 3.63) is 77.1 Å². The zero-order valence-electron chi connectivity index (χ0n) is 13.0. The van der Waals surface area contributed by atoms with Gasteiger partial charge in [0.2, 0.25) is 0 Å². The Kier molecular flexibility index (Phi) is 4.59. The molecule has 0 atom stereocenters. The Morgan fingerprint density at radius 3 is 2.42 bits per heavy atom. The van der Waals surface area contributed by atoms with Crippen molar-refractivity contribution in [1.82, 2.24) is 9.78 Å². The van der Waals surface area contributed by atoms with E-state index in [4.69, 9.17) is 11.6 Å². The minimum absolute atomic E-state index is 0.151. The maximum Gasteiger partial charge on any atom is 0.261 e. The smallest absolute Gasteiger partial charge is 0.261 e. The summed E-state index contributed by atoms with van der Waals surface area (Å²) in [6.07, 6.45) is 3.15. The molecule has 1 N–H and O–H groups in total. The molecule has 124 valence electrons. The molecule has 1 aromatic heterocycles. The fourth-order valence-electron chi connectivity index (χ4n) is 2.21. The molecule has 0 saturated carbocycles. The molecule has 5 nitrogen and oxygen atoms in total. The molecular weight excluding hydrogens is 346 g/mol. The molecule has 0 aliphatic rings. The number of sulfonamides is 1. The lowest BCUT2D eigenvalue weighted by atomic mass is 10.1. The van der Waals surface area contributed by atoms with Crippen molar-refractivity contribution in [2.45, 2.75) is 18.4 Å². The minimum atomic E-state index is -3.66. The van der Waals surface area contributed by atoms with E-state index in [1.807, 2.05) is 31.2 Å². The largest absolute Gasteiger partial charge is 0.276 e. The summed E-state index contributed by atoms with van der Waals surface area (Å²) >= 11 is 5.78. The Morgan fingerprint density at radius 2 is 1.75 bits per heavy atom. The first-order chi connectivity index (χ1) is 11.4. The molecule has 1 heterocycles. The van der Waals surface area contributed by atoms with E-state index in [-0.39, 0.29) is 4.90 Å². The highest BCUT2D eigenvalue weighted by Gasteiger charge is 2.15. The van der Waals surface area contributed by atoms with Crippen molar-refractivity contribution < 1.29 is 8.42 Å². The van der Waals surface area contributed by atoms with Crippen molar-refractivity contribution in [1.29, 1.82) is 0 Å². The summed E-state index contributed by atoms with van der Waals surface area (Å²) in [6, 6.07) is 14.1. The molecule has 2 aromatic carbocycles. The highest BCUT2D eigenvalue weighted by atomic mass is 35.5. The number of aryl methyl sites for hydroxylation is 1. The van der Waals surface area contributed by atoms with Crippen LogP contribution >= 0.6 is 11.6 Å². The van der Waals surface area contributed by atoms with E-state index in [9.17, 15) is 8.42 Å². The molecule has 0 aliphatic carbocycles. The standard InChI is InChI=1S/C17H16ClN3O2S/c1-13-2-4-14(5-3-13)11-21-12-16(10-19-21)20-24(22,23)17-8-6-15(18)7-9-17/h2-10,12,20H,11H2,1H3. The highest BCUT2D eigenvalue weighted by Crippen LogP contribution is 2.18. The van der Waals surface area contributed by atoms with Gasteiger partial charge in [-0.1, -0.05) is 41.4 Å². The zero-order chi connectivity index (χ0) is 17.2. The molecular formula is C17H16ClN3O2S. The van der Waals surface area contributed by atoms with Gasteiger partial charge in [-0.05, 0) is 36.8 Å². The van der Waals surface area contributed by atoms with Gasteiger partial charge in [-0.15, -0.1) is 0 Å². The Bertz CT molecular complexity index is 933. The van der Waals surface area contributed by atoms with Crippen LogP contribution in [0.25, 0.3) is 0 Å². The van der Waals surface area contributed by atoms with Gasteiger partial charge < -0.3 is 0 Å². The second-order valence-corrected chi connectivity index (χ2v) is 7.59. The summed E-state index contributed by atoms with van der Waals surface area (Å²) in [5.41, 5.74) is 2.70. The van der Waals surface area contributed by atoms with Crippen LogP contribution in [0.15, 0.2) is 65.8 Å². The summed E-state index contributed by atoms with van der Waals surface area (Å²) in [5.74, 6) is 0. The van der Waals surface area contributed by atoms with Crippen molar-refractivity contribution in [3.8, 4) is 0 Å². The summed E-state index contributed by atoms with van der Waals surface area (Å²) < 4.78 is 28.9. The van der Waals surface area contributed by atoms with Crippen LogP contribution < -0.4 is 4.72 Å². The third kappa shape index (κ3) is 3.96. The van der Waals surface area contributed by atoms with Gasteiger partial charge in [0, 0.05) is 11.2 Å². The van der Waals surface area contributed by atoms with E-state index in [0.717, 1.165) is 5.56 Å². The zero-order valence-corrected chi connectivity index (χ0v) is 14.6. The summed E-state index contributed by atoms with van der Waals surface area (Å²) in [4.78, 5) is 0.151. The van der Waals surface area contributed by atoms with Gasteiger partial charge in [0.1, 0.15) is 0 Å². The Balaban J connectivity index is 1.73. The van der Waals surface area contributed by atoms with Gasteiger partial charge in [-0.3, -0.25) is 9.40 Å². The molecule has 0 saturated heterocycles. The maximum absolute atomic E-state index is 12.3. The first-order valence-corrected chi connectivity index (χ1v) is 9.15. The van der Waals surface area contributed by atoms with Crippen molar-refractivity contribution in [2.75, 3.05) is 4.72 Å². The third-order valence-electron chi connectivity index (χ3n) is 3.47. The van der Waals surface area contributed by atoms with E-state index in [2.05, 4.69) is 9.82 Å². The summed E-state index contributed by atoms with van der Waals surface area (Å²) in [5, 5.41) is 4.68. The van der Waals surface area contributed by atoms with Crippen molar-refractivity contribution >= 4 is 27.3 Å². The van der Waals surface area contributed by atoms with Gasteiger partial charge in [0.15, 0.2) is 0 Å². The van der Waals surface area contributed by atoms with Gasteiger partial charge in [-0.25, -0.2) is 8.42 Å². The number of hydrogen-bond donors (Lipinski definition) is 1. The Hall–Kier alpha value is -2.31. The third-order valence-corrected chi connectivity index (χ3v) is 5.12. The van der Waals surface area contributed by atoms with Crippen LogP contribution in [0.3, 0.4) is 0 Å². The topological polar surface area (TPSA) is 64.0 Å². The lowest BCUT2D eigenvalue weighted by Gasteiger charge is -2.06. The SMILES string of the molecule is Cc1ccc(Cn2cc(NS(=O)(=O)c3ccc(Cl)cc3)cn2)cc1. The van der Waals surface area contributed by atoms with Crippen LogP contribution in [0, 0.1) is 6.92 Å². The normalized spacial score (nSPS) is 11.4. The Labute approximate surface area is 145 Å². The van der Waals surface area contributed by atoms with E-state index >= 15 is 0 Å². The molecule has 3 aromatic rings. The first kappa shape index (κ1) is 16.5. The highest BCUT2D eigenvalue weighted by molar-refractivity contribution is 7.92. The van der Waals surface area contributed by atoms with Crippen LogP contribution in [0.5, 0.6) is 0 Å². The molecule has 0 bridgehead atoms. The minimum Gasteiger partial charge on any atom is -0.276 e. The number of benzene rings is 2. The average Bonchev–Trinajstić information content (AvgIpc) is 2.96. The van der Waals surface area contributed by atoms with E-state index < -0.39 is 10.0 Å². The number of aromatic nitrogens is 2. The second-order valence-electron chi connectivity index (χ2n) is 5.47. The number of rotatable bonds is 5. The van der Waals surface area contributed by atoms with Gasteiger partial charge in [-0.2, -0.15) is 5.10 Å². The van der Waals surface area contributed by atoms with Crippen LogP contribution in [-0.2, 0) is 16.6 Å². The predicted molar refractivity (Wildman–Crippen MR) is 94.8 cm³/mol. The molecule has 7 heteroatoms. The molecule has 3 rings (SSSR count). The molecule has 0 amide bonds. The fraction of sp³-hybridized carbons (Fsp3) is 0.118. The van der Waals surface area contributed by atoms with Crippen LogP contribution in [0.2, 0.25) is 5.02 Å². The molecule has 0 radical (unpaired) electrons. The quantitative estimate of drug-likeness (QED) is 0.753. The van der Waals surface area contributed by atoms with Crippen LogP contribution in [-0.4, -0.2) is 18.2 Å². The van der Waals surface area contributed by atoms with Crippen molar-refractivity contribution in [3.63, 3.8) is 0 Å². The van der Waals surface area contributed by atoms with Gasteiger partial charge in [0.25, 0.3) is 10.0 Å². The number of anilines is 1. The van der Waals surface area contributed by atoms with E-state index in [1.165, 1.54) is 36.0 Å². The molecule has 0 fully saturated rings. The van der Waals surface area contributed by atoms with Gasteiger partial charge >= 0.3 is 0 Å². The van der Waals surface area contributed by atoms with E-state index in [1.54, 1.807) is 10.9 Å². The molecule has 24 heavy (non-hydrogen) atoms. The molecule has 0 spiro atoms. The van der Waals surface area contributed by atoms with Crippen molar-refractivity contribution in [2.24, 2.45) is 0 Å². The fourth-order valence-corrected chi connectivity index (χ4v) is 3.37. The van der Waals surface area contributed by atoms with Gasteiger partial charge in [0.05, 0.1) is 23.3 Å².